The first-order valence-electron chi connectivity index (χ1n) is 14.1. The number of carbonyl (C=O) groups excluding carboxylic acids is 1. The third-order valence-electron chi connectivity index (χ3n) is 7.51. The summed E-state index contributed by atoms with van der Waals surface area (Å²) in [6.45, 7) is 6.31. The highest BCUT2D eigenvalue weighted by Crippen LogP contribution is 2.39. The quantitative estimate of drug-likeness (QED) is 0.305. The van der Waals surface area contributed by atoms with Crippen LogP contribution in [0, 0.1) is 0 Å². The molecule has 216 valence electrons. The molecule has 5 rings (SSSR count). The van der Waals surface area contributed by atoms with Crippen LogP contribution in [0.15, 0.2) is 85.5 Å². The van der Waals surface area contributed by atoms with E-state index in [0.717, 1.165) is 52.9 Å². The normalized spacial score (nSPS) is 22.8. The number of hydrogen-bond donors (Lipinski definition) is 3. The van der Waals surface area contributed by atoms with Gasteiger partial charge in [0.15, 0.2) is 6.29 Å². The van der Waals surface area contributed by atoms with E-state index in [0.29, 0.717) is 19.5 Å². The Kier molecular flexibility index (Phi) is 9.82. The van der Waals surface area contributed by atoms with E-state index in [-0.39, 0.29) is 31.5 Å². The highest BCUT2D eigenvalue weighted by atomic mass is 16.7. The van der Waals surface area contributed by atoms with Crippen LogP contribution in [0.5, 0.6) is 0 Å². The molecule has 0 spiro atoms. The Hall–Kier alpha value is -3.53. The molecular weight excluding hydrogens is 520 g/mol. The minimum absolute atomic E-state index is 0.000896. The molecule has 1 amide bonds. The van der Waals surface area contributed by atoms with Gasteiger partial charge in [-0.2, -0.15) is 0 Å². The zero-order valence-corrected chi connectivity index (χ0v) is 23.2. The minimum Gasteiger partial charge on any atom is -0.445 e. The molecule has 2 heterocycles. The van der Waals surface area contributed by atoms with Crippen LogP contribution < -0.4 is 5.32 Å². The Morgan fingerprint density at radius 3 is 2.54 bits per heavy atom. The molecule has 3 N–H and O–H groups in total. The molecule has 0 saturated carbocycles. The van der Waals surface area contributed by atoms with Gasteiger partial charge in [-0.1, -0.05) is 73.3 Å². The number of aliphatic hydroxyl groups excluding tert-OH is 2. The van der Waals surface area contributed by atoms with Gasteiger partial charge in [-0.3, -0.25) is 4.90 Å². The predicted molar refractivity (Wildman–Crippen MR) is 156 cm³/mol. The van der Waals surface area contributed by atoms with Gasteiger partial charge >= 0.3 is 6.09 Å². The summed E-state index contributed by atoms with van der Waals surface area (Å²) in [5.41, 5.74) is 5.80. The number of rotatable bonds is 10. The van der Waals surface area contributed by atoms with Gasteiger partial charge in [0.1, 0.15) is 6.61 Å². The van der Waals surface area contributed by atoms with Crippen molar-refractivity contribution < 1.29 is 29.2 Å². The van der Waals surface area contributed by atoms with E-state index < -0.39 is 12.4 Å². The summed E-state index contributed by atoms with van der Waals surface area (Å²) in [6.07, 6.45) is 1.44. The zero-order valence-electron chi connectivity index (χ0n) is 23.2. The van der Waals surface area contributed by atoms with Crippen molar-refractivity contribution in [1.82, 2.24) is 10.2 Å². The van der Waals surface area contributed by atoms with Crippen molar-refractivity contribution in [1.29, 1.82) is 0 Å². The highest BCUT2D eigenvalue weighted by molar-refractivity contribution is 5.68. The molecule has 0 unspecified atom stereocenters. The summed E-state index contributed by atoms with van der Waals surface area (Å²) in [4.78, 5) is 14.1. The molecule has 2 aliphatic heterocycles. The number of nitrogens with zero attached hydrogens (tertiary/aromatic N) is 1. The summed E-state index contributed by atoms with van der Waals surface area (Å²) in [6, 6.07) is 24.0. The number of aliphatic hydroxyl groups is 2. The number of amides is 1. The summed E-state index contributed by atoms with van der Waals surface area (Å²) < 4.78 is 18.1. The molecule has 2 aliphatic rings. The van der Waals surface area contributed by atoms with E-state index in [9.17, 15) is 15.0 Å². The molecular formula is C33H38N2O6. The Bertz CT molecular complexity index is 1310. The van der Waals surface area contributed by atoms with Gasteiger partial charge in [0.25, 0.3) is 0 Å². The van der Waals surface area contributed by atoms with Gasteiger partial charge in [0, 0.05) is 38.2 Å². The van der Waals surface area contributed by atoms with Gasteiger partial charge in [-0.15, -0.1) is 0 Å². The predicted octanol–water partition coefficient (Wildman–Crippen LogP) is 4.87. The molecule has 4 atom stereocenters. The highest BCUT2D eigenvalue weighted by Gasteiger charge is 2.34. The van der Waals surface area contributed by atoms with Crippen molar-refractivity contribution in [2.75, 3.05) is 26.2 Å². The van der Waals surface area contributed by atoms with Crippen molar-refractivity contribution >= 4 is 6.09 Å². The molecule has 8 heteroatoms. The summed E-state index contributed by atoms with van der Waals surface area (Å²) in [5.74, 6) is 0. The summed E-state index contributed by atoms with van der Waals surface area (Å²) in [7, 11) is 0. The lowest BCUT2D eigenvalue weighted by molar-refractivity contribution is -0.252. The number of alkyl carbamates (subject to hydrolysis) is 1. The molecule has 0 bridgehead atoms. The molecule has 3 aromatic rings. The standard InChI is InChI=1S/C33H38N2O6/c1-2-15-39-33(38)34-19-24-5-3-6-26(16-24)27-7-4-8-28(17-27)32-40-30(21-35-14-13-29(37)20-35)18-31(41-32)25-11-9-23(22-36)10-12-25/h2-12,16-17,29-32,36-37H,1,13-15,18-22H2,(H,34,38)/t29-,30-,31+,32+/m0/s1. The lowest BCUT2D eigenvalue weighted by Crippen LogP contribution is -2.38. The van der Waals surface area contributed by atoms with Crippen LogP contribution in [0.25, 0.3) is 11.1 Å². The molecule has 3 aromatic carbocycles. The van der Waals surface area contributed by atoms with Crippen molar-refractivity contribution in [2.24, 2.45) is 0 Å². The van der Waals surface area contributed by atoms with Gasteiger partial charge in [0.05, 0.1) is 24.9 Å². The van der Waals surface area contributed by atoms with Crippen molar-refractivity contribution in [3.8, 4) is 11.1 Å². The largest absolute Gasteiger partial charge is 0.445 e. The lowest BCUT2D eigenvalue weighted by Gasteiger charge is -2.38. The smallest absolute Gasteiger partial charge is 0.407 e. The number of carbonyl (C=O) groups is 1. The average Bonchev–Trinajstić information content (AvgIpc) is 3.43. The van der Waals surface area contributed by atoms with E-state index in [1.54, 1.807) is 0 Å². The van der Waals surface area contributed by atoms with Crippen LogP contribution in [0.1, 0.15) is 47.5 Å². The monoisotopic (exact) mass is 558 g/mol. The molecule has 0 aliphatic carbocycles. The fourth-order valence-corrected chi connectivity index (χ4v) is 5.38. The molecule has 2 fully saturated rings. The Labute approximate surface area is 241 Å². The number of likely N-dealkylation sites (tertiary alicyclic amines) is 1. The first-order chi connectivity index (χ1) is 20.0. The first-order valence-corrected chi connectivity index (χ1v) is 14.1. The number of β-amino-alcohol motifs (C(OH)–C–C–N with tert-alkyl or cyclic N) is 1. The van der Waals surface area contributed by atoms with Gasteiger partial charge < -0.3 is 29.7 Å². The topological polar surface area (TPSA) is 100 Å². The summed E-state index contributed by atoms with van der Waals surface area (Å²) >= 11 is 0. The van der Waals surface area contributed by atoms with Crippen molar-refractivity contribution in [3.05, 3.63) is 108 Å². The molecule has 41 heavy (non-hydrogen) atoms. The molecule has 8 nitrogen and oxygen atoms in total. The Balaban J connectivity index is 1.34. The maximum atomic E-state index is 11.8. The zero-order chi connectivity index (χ0) is 28.6. The number of nitrogens with one attached hydrogen (secondary N) is 1. The van der Waals surface area contributed by atoms with Crippen LogP contribution >= 0.6 is 0 Å². The fourth-order valence-electron chi connectivity index (χ4n) is 5.38. The average molecular weight is 559 g/mol. The van der Waals surface area contributed by atoms with E-state index >= 15 is 0 Å². The second kappa shape index (κ2) is 13.9. The van der Waals surface area contributed by atoms with Crippen LogP contribution in [0.3, 0.4) is 0 Å². The van der Waals surface area contributed by atoms with E-state index in [1.165, 1.54) is 6.08 Å². The van der Waals surface area contributed by atoms with Crippen LogP contribution in [0.2, 0.25) is 0 Å². The fraction of sp³-hybridized carbons (Fsp3) is 0.364. The third kappa shape index (κ3) is 7.81. The number of ether oxygens (including phenoxy) is 3. The Morgan fingerprint density at radius 2 is 1.80 bits per heavy atom. The van der Waals surface area contributed by atoms with E-state index in [4.69, 9.17) is 14.2 Å². The van der Waals surface area contributed by atoms with Crippen molar-refractivity contribution in [3.63, 3.8) is 0 Å². The van der Waals surface area contributed by atoms with Crippen LogP contribution in [0.4, 0.5) is 4.79 Å². The Morgan fingerprint density at radius 1 is 1.02 bits per heavy atom. The lowest BCUT2D eigenvalue weighted by atomic mass is 9.98. The first kappa shape index (κ1) is 29.0. The number of benzene rings is 3. The van der Waals surface area contributed by atoms with Gasteiger partial charge in [-0.25, -0.2) is 4.79 Å². The third-order valence-corrected chi connectivity index (χ3v) is 7.51. The van der Waals surface area contributed by atoms with Gasteiger partial charge in [0.2, 0.25) is 0 Å². The number of hydrogen-bond acceptors (Lipinski definition) is 7. The molecule has 0 radical (unpaired) electrons. The second-order valence-corrected chi connectivity index (χ2v) is 10.6. The van der Waals surface area contributed by atoms with E-state index in [2.05, 4.69) is 22.9 Å². The van der Waals surface area contributed by atoms with Crippen molar-refractivity contribution in [2.45, 2.75) is 50.6 Å². The molecule has 2 saturated heterocycles. The van der Waals surface area contributed by atoms with Gasteiger partial charge in [-0.05, 0) is 46.4 Å². The minimum atomic E-state index is -0.562. The summed E-state index contributed by atoms with van der Waals surface area (Å²) in [5, 5.41) is 22.3. The maximum absolute atomic E-state index is 11.8. The second-order valence-electron chi connectivity index (χ2n) is 10.6. The van der Waals surface area contributed by atoms with Crippen LogP contribution in [-0.4, -0.2) is 59.7 Å². The van der Waals surface area contributed by atoms with Crippen LogP contribution in [-0.2, 0) is 27.4 Å². The maximum Gasteiger partial charge on any atom is 0.407 e. The van der Waals surface area contributed by atoms with E-state index in [1.807, 2.05) is 66.7 Å². The molecule has 0 aromatic heterocycles. The SMILES string of the molecule is C=CCOC(=O)NCc1cccc(-c2cccc([C@@H]3O[C@H](CN4CC[C@H](O)C4)C[C@H](c4ccc(CO)cc4)O3)c2)c1.